The Morgan fingerprint density at radius 1 is 0.750 bits per heavy atom. The maximum atomic E-state index is 6.68. The first-order valence-corrected chi connectivity index (χ1v) is 19.0. The van der Waals surface area contributed by atoms with E-state index >= 15 is 0 Å². The maximum Gasteiger partial charge on any atom is -1.00 e. The van der Waals surface area contributed by atoms with Gasteiger partial charge in [-0.05, 0) is 0 Å². The Labute approximate surface area is 292 Å². The minimum Gasteiger partial charge on any atom is -1.00 e. The average molecular weight is 736 g/mol. The van der Waals surface area contributed by atoms with Crippen molar-refractivity contribution < 1.29 is 46.1 Å². The summed E-state index contributed by atoms with van der Waals surface area (Å²) in [6.45, 7) is 15.1. The first-order chi connectivity index (χ1) is 20.2. The van der Waals surface area contributed by atoms with E-state index in [4.69, 9.17) is 23.2 Å². The summed E-state index contributed by atoms with van der Waals surface area (Å²) in [7, 11) is 0. The monoisotopic (exact) mass is 732 g/mol. The van der Waals surface area contributed by atoms with Gasteiger partial charge in [0.1, 0.15) is 0 Å². The Bertz CT molecular complexity index is 1750. The number of rotatable bonds is 6. The van der Waals surface area contributed by atoms with E-state index in [9.17, 15) is 0 Å². The third-order valence-electron chi connectivity index (χ3n) is 8.41. The molecule has 6 rings (SSSR count). The van der Waals surface area contributed by atoms with E-state index in [0.717, 1.165) is 27.6 Å². The molecule has 0 spiro atoms. The standard InChI is InChI=1S/C17H13.C13H8Cl2.C9H13.2ClH.Zr/c1-3-12-5-7-14-11-15-8-6-13(4-2)10-17(15)16(14)9-12;14-12-5-1-3-10(8-12)7-11-4-2-6-13(15)9-11;1-9(2,3)8-6-4-5-7-8;;;/h3-11H,1-2H2;1-6,8-9H;6-7H,4H2,1-3H3;2*1H;/q;;;;;+2/p-2. The molecule has 0 aliphatic heterocycles. The topological polar surface area (TPSA) is 0 Å². The number of fused-ring (bicyclic) bond motifs is 3. The molecule has 2 aliphatic carbocycles. The van der Waals surface area contributed by atoms with E-state index in [2.05, 4.69) is 119 Å². The summed E-state index contributed by atoms with van der Waals surface area (Å²) < 4.78 is 3.32. The smallest absolute Gasteiger partial charge is 1.00 e. The molecule has 2 aliphatic rings. The van der Waals surface area contributed by atoms with Crippen molar-refractivity contribution in [1.82, 2.24) is 0 Å². The van der Waals surface area contributed by atoms with Gasteiger partial charge in [-0.25, -0.2) is 0 Å². The molecule has 44 heavy (non-hydrogen) atoms. The Morgan fingerprint density at radius 2 is 1.25 bits per heavy atom. The zero-order valence-corrected chi connectivity index (χ0v) is 30.6. The molecular weight excluding hydrogens is 701 g/mol. The fraction of sp³-hybridized carbons (Fsp3) is 0.154. The molecule has 5 heteroatoms. The Balaban J connectivity index is 0.00000221. The van der Waals surface area contributed by atoms with Crippen molar-refractivity contribution in [1.29, 1.82) is 0 Å². The van der Waals surface area contributed by atoms with Crippen molar-refractivity contribution in [2.45, 2.75) is 30.8 Å². The fourth-order valence-electron chi connectivity index (χ4n) is 6.34. The molecule has 222 valence electrons. The molecule has 4 aromatic rings. The largest absolute Gasteiger partial charge is 1.00 e. The van der Waals surface area contributed by atoms with Crippen molar-refractivity contribution in [2.24, 2.45) is 5.41 Å². The SMILES string of the molecule is C=Cc1ccc2c(c1)-c1cc(C=C)ccc1[CH]2[Zr+2]([C]1=CC(C(C)(C)C)=CC1)=[C](c1cccc(Cl)c1)c1cccc(Cl)c1.[Cl-].[Cl-]. The Kier molecular flexibility index (Phi) is 11.0. The first kappa shape index (κ1) is 34.6. The van der Waals surface area contributed by atoms with Crippen molar-refractivity contribution >= 4 is 38.6 Å². The normalized spacial score (nSPS) is 13.3. The molecule has 0 saturated heterocycles. The predicted octanol–water partition coefficient (Wildman–Crippen LogP) is 5.50. The van der Waals surface area contributed by atoms with E-state index in [1.165, 1.54) is 42.2 Å². The molecule has 0 N–H and O–H groups in total. The average Bonchev–Trinajstić information content (AvgIpc) is 3.59. The van der Waals surface area contributed by atoms with Crippen LogP contribution in [-0.2, 0) is 21.3 Å². The van der Waals surface area contributed by atoms with Gasteiger partial charge in [0.2, 0.25) is 0 Å². The van der Waals surface area contributed by atoms with Crippen LogP contribution in [0.3, 0.4) is 0 Å². The number of halogens is 4. The van der Waals surface area contributed by atoms with Crippen LogP contribution in [0.25, 0.3) is 23.3 Å². The summed E-state index contributed by atoms with van der Waals surface area (Å²) in [6, 6.07) is 30.6. The summed E-state index contributed by atoms with van der Waals surface area (Å²) >= 11 is 10.5. The third kappa shape index (κ3) is 6.65. The van der Waals surface area contributed by atoms with Crippen LogP contribution in [0.5, 0.6) is 0 Å². The minimum atomic E-state index is -2.89. The number of hydrogen-bond acceptors (Lipinski definition) is 0. The van der Waals surface area contributed by atoms with Gasteiger partial charge in [0.05, 0.1) is 0 Å². The summed E-state index contributed by atoms with van der Waals surface area (Å²) in [5, 5.41) is 1.50. The van der Waals surface area contributed by atoms with Crippen LogP contribution in [0.1, 0.15) is 64.2 Å². The molecule has 0 saturated carbocycles. The number of benzene rings is 4. The second-order valence-corrected chi connectivity index (χ2v) is 19.3. The summed E-state index contributed by atoms with van der Waals surface area (Å²) in [4.78, 5) is 0. The summed E-state index contributed by atoms with van der Waals surface area (Å²) in [5.74, 6) is 0. The van der Waals surface area contributed by atoms with Gasteiger partial charge in [-0.1, -0.05) is 0 Å². The zero-order chi connectivity index (χ0) is 29.6. The van der Waals surface area contributed by atoms with Crippen LogP contribution in [-0.4, -0.2) is 3.21 Å². The van der Waals surface area contributed by atoms with Crippen molar-refractivity contribution in [3.63, 3.8) is 0 Å². The predicted molar refractivity (Wildman–Crippen MR) is 180 cm³/mol. The Hall–Kier alpha value is -2.25. The van der Waals surface area contributed by atoms with Gasteiger partial charge < -0.3 is 24.8 Å². The number of hydrogen-bond donors (Lipinski definition) is 0. The molecule has 0 unspecified atom stereocenters. The van der Waals surface area contributed by atoms with Gasteiger partial charge >= 0.3 is 270 Å². The molecule has 0 radical (unpaired) electrons. The van der Waals surface area contributed by atoms with Crippen molar-refractivity contribution in [2.75, 3.05) is 0 Å². The van der Waals surface area contributed by atoms with Crippen LogP contribution < -0.4 is 24.8 Å². The van der Waals surface area contributed by atoms with E-state index in [0.29, 0.717) is 3.63 Å². The van der Waals surface area contributed by atoms with E-state index in [1.54, 1.807) is 3.28 Å². The first-order valence-electron chi connectivity index (χ1n) is 14.4. The molecule has 0 aromatic heterocycles. The van der Waals surface area contributed by atoms with E-state index in [1.807, 2.05) is 24.3 Å². The van der Waals surface area contributed by atoms with Crippen molar-refractivity contribution in [3.05, 3.63) is 163 Å². The molecule has 0 bridgehead atoms. The molecule has 0 amide bonds. The number of allylic oxidation sites excluding steroid dienone is 4. The molecular formula is C39H34Cl4Zr. The molecule has 0 heterocycles. The van der Waals surface area contributed by atoms with Gasteiger partial charge in [0.25, 0.3) is 0 Å². The van der Waals surface area contributed by atoms with Crippen LogP contribution in [0.4, 0.5) is 0 Å². The van der Waals surface area contributed by atoms with Crippen LogP contribution in [0.15, 0.2) is 119 Å². The minimum absolute atomic E-state index is 0. The van der Waals surface area contributed by atoms with Gasteiger partial charge in [-0.2, -0.15) is 0 Å². The van der Waals surface area contributed by atoms with Crippen LogP contribution in [0.2, 0.25) is 10.0 Å². The quantitative estimate of drug-likeness (QED) is 0.246. The van der Waals surface area contributed by atoms with Gasteiger partial charge in [0.15, 0.2) is 0 Å². The van der Waals surface area contributed by atoms with Crippen LogP contribution >= 0.6 is 23.2 Å². The second-order valence-electron chi connectivity index (χ2n) is 12.1. The summed E-state index contributed by atoms with van der Waals surface area (Å²) in [6.07, 6.45) is 9.87. The molecule has 0 fully saturated rings. The fourth-order valence-corrected chi connectivity index (χ4v) is 15.7. The zero-order valence-electron chi connectivity index (χ0n) is 25.1. The molecule has 4 aromatic carbocycles. The molecule has 0 nitrogen and oxygen atoms in total. The van der Waals surface area contributed by atoms with Gasteiger partial charge in [-0.15, -0.1) is 0 Å². The van der Waals surface area contributed by atoms with Crippen molar-refractivity contribution in [3.8, 4) is 11.1 Å². The Morgan fingerprint density at radius 3 is 1.66 bits per heavy atom. The van der Waals surface area contributed by atoms with Gasteiger partial charge in [-0.3, -0.25) is 0 Å². The van der Waals surface area contributed by atoms with E-state index < -0.39 is 21.3 Å². The van der Waals surface area contributed by atoms with E-state index in [-0.39, 0.29) is 30.2 Å². The second kappa shape index (κ2) is 14.0. The summed E-state index contributed by atoms with van der Waals surface area (Å²) in [5.41, 5.74) is 11.6. The van der Waals surface area contributed by atoms with Crippen LogP contribution in [0, 0.1) is 5.41 Å². The van der Waals surface area contributed by atoms with Gasteiger partial charge in [0, 0.05) is 0 Å². The maximum absolute atomic E-state index is 6.68. The third-order valence-corrected chi connectivity index (χ3v) is 17.1. The molecule has 0 atom stereocenters.